The number of fused-ring (bicyclic) bond motifs is 10. The van der Waals surface area contributed by atoms with Crippen molar-refractivity contribution >= 4 is 72.8 Å². The molecule has 0 nitrogen and oxygen atoms in total. The molecule has 0 aromatic heterocycles. The summed E-state index contributed by atoms with van der Waals surface area (Å²) in [6.07, 6.45) is 10.3. The number of hydrogen-bond acceptors (Lipinski definition) is 0. The molecule has 0 saturated heterocycles. The minimum absolute atomic E-state index is 0. The molecule has 5 heteroatoms. The van der Waals surface area contributed by atoms with Crippen LogP contribution in [0.1, 0.15) is 22.3 Å². The first-order valence-corrected chi connectivity index (χ1v) is 21.8. The Morgan fingerprint density at radius 2 is 1.08 bits per heavy atom. The molecule has 0 spiro atoms. The largest absolute Gasteiger partial charge is 1.00 e. The molecule has 0 bridgehead atoms. The van der Waals surface area contributed by atoms with Crippen LogP contribution in [-0.2, 0) is 27.7 Å². The molecular formula is C47H30Cl4Zr. The molecule has 0 unspecified atom stereocenters. The van der Waals surface area contributed by atoms with Gasteiger partial charge in [0.15, 0.2) is 0 Å². The minimum atomic E-state index is -3.10. The number of halogens is 4. The predicted molar refractivity (Wildman–Crippen MR) is 212 cm³/mol. The maximum absolute atomic E-state index is 7.06. The van der Waals surface area contributed by atoms with Crippen LogP contribution in [0.25, 0.3) is 54.2 Å². The molecule has 0 fully saturated rings. The third-order valence-electron chi connectivity index (χ3n) is 10.6. The van der Waals surface area contributed by atoms with Gasteiger partial charge in [0.25, 0.3) is 0 Å². The normalized spacial score (nSPS) is 12.8. The van der Waals surface area contributed by atoms with Crippen molar-refractivity contribution < 1.29 is 46.1 Å². The minimum Gasteiger partial charge on any atom is -1.00 e. The first-order chi connectivity index (χ1) is 24.6. The number of hydrogen-bond donors (Lipinski definition) is 0. The SMILES string of the molecule is Clc1cc([C](c2cc(Cl)cc3ccccc23)=[Zr+2]([c]2cccc3c2c2c(c4ccccc43)-c3ccccc3C2)[CH]2C=CC=C2)c2ccccc2c1.[Cl-].[Cl-]. The second-order valence-electron chi connectivity index (χ2n) is 13.4. The fourth-order valence-electron chi connectivity index (χ4n) is 8.65. The van der Waals surface area contributed by atoms with E-state index in [-0.39, 0.29) is 24.8 Å². The van der Waals surface area contributed by atoms with Gasteiger partial charge >= 0.3 is 311 Å². The van der Waals surface area contributed by atoms with E-state index in [9.17, 15) is 0 Å². The Morgan fingerprint density at radius 3 is 1.73 bits per heavy atom. The van der Waals surface area contributed by atoms with Crippen molar-refractivity contribution in [2.45, 2.75) is 10.0 Å². The zero-order valence-corrected chi connectivity index (χ0v) is 33.4. The molecule has 2 aliphatic rings. The molecule has 52 heavy (non-hydrogen) atoms. The van der Waals surface area contributed by atoms with E-state index >= 15 is 0 Å². The Hall–Kier alpha value is -3.81. The van der Waals surface area contributed by atoms with Gasteiger partial charge in [0, 0.05) is 0 Å². The zero-order chi connectivity index (χ0) is 33.3. The average Bonchev–Trinajstić information content (AvgIpc) is 3.82. The van der Waals surface area contributed by atoms with Crippen LogP contribution >= 0.6 is 23.2 Å². The average molecular weight is 828 g/mol. The number of benzene rings is 8. The van der Waals surface area contributed by atoms with E-state index in [1.54, 1.807) is 0 Å². The maximum atomic E-state index is 7.06. The fourth-order valence-corrected chi connectivity index (χ4v) is 17.4. The molecule has 0 heterocycles. The summed E-state index contributed by atoms with van der Waals surface area (Å²) in [5.74, 6) is 0. The van der Waals surface area contributed by atoms with Crippen molar-refractivity contribution in [1.82, 2.24) is 0 Å². The van der Waals surface area contributed by atoms with Gasteiger partial charge < -0.3 is 24.8 Å². The number of rotatable bonds is 4. The summed E-state index contributed by atoms with van der Waals surface area (Å²) < 4.78 is 3.25. The summed E-state index contributed by atoms with van der Waals surface area (Å²) in [6, 6.07) is 51.2. The van der Waals surface area contributed by atoms with Gasteiger partial charge in [-0.25, -0.2) is 0 Å². The molecule has 0 radical (unpaired) electrons. The van der Waals surface area contributed by atoms with Crippen LogP contribution in [0.3, 0.4) is 0 Å². The molecule has 0 saturated carbocycles. The van der Waals surface area contributed by atoms with Crippen molar-refractivity contribution in [3.63, 3.8) is 0 Å². The zero-order valence-electron chi connectivity index (χ0n) is 27.9. The third-order valence-corrected chi connectivity index (χ3v) is 18.8. The molecule has 0 amide bonds. The summed E-state index contributed by atoms with van der Waals surface area (Å²) in [6.45, 7) is 0. The fraction of sp³-hybridized carbons (Fsp3) is 0.0426. The Labute approximate surface area is 333 Å². The first kappa shape index (κ1) is 35.2. The molecule has 8 aromatic rings. The monoisotopic (exact) mass is 824 g/mol. The molecular weight excluding hydrogens is 798 g/mol. The molecule has 250 valence electrons. The van der Waals surface area contributed by atoms with Gasteiger partial charge in [0.1, 0.15) is 0 Å². The van der Waals surface area contributed by atoms with Crippen LogP contribution in [-0.4, -0.2) is 3.21 Å². The molecule has 2 aliphatic carbocycles. The smallest absolute Gasteiger partial charge is 1.00 e. The van der Waals surface area contributed by atoms with Crippen LogP contribution in [0.5, 0.6) is 0 Å². The molecule has 0 N–H and O–H groups in total. The molecule has 0 atom stereocenters. The number of allylic oxidation sites excluding steroid dienone is 4. The Balaban J connectivity index is 0.00000193. The van der Waals surface area contributed by atoms with E-state index in [1.165, 1.54) is 72.2 Å². The van der Waals surface area contributed by atoms with Gasteiger partial charge in [-0.15, -0.1) is 0 Å². The molecule has 8 aromatic carbocycles. The van der Waals surface area contributed by atoms with Crippen LogP contribution in [0.4, 0.5) is 0 Å². The van der Waals surface area contributed by atoms with E-state index in [4.69, 9.17) is 23.2 Å². The van der Waals surface area contributed by atoms with Crippen molar-refractivity contribution in [2.24, 2.45) is 0 Å². The van der Waals surface area contributed by atoms with Gasteiger partial charge in [-0.05, 0) is 0 Å². The van der Waals surface area contributed by atoms with E-state index in [0.29, 0.717) is 3.63 Å². The van der Waals surface area contributed by atoms with Crippen LogP contribution in [0, 0.1) is 0 Å². The van der Waals surface area contributed by atoms with Crippen molar-refractivity contribution in [2.75, 3.05) is 0 Å². The molecule has 0 aliphatic heterocycles. The molecule has 10 rings (SSSR count). The summed E-state index contributed by atoms with van der Waals surface area (Å²) in [7, 11) is 0. The standard InChI is InChI=1S/C21H12Cl2.C21H13.C5H5.2ClH.Zr/c22-18-10-14-5-1-3-7-20(14)16(12-18)9-17-13-19(23)11-15-6-2-4-8-21(15)17;1-2-8-15-14(7-1)13-20-18-11-4-3-9-16(18)17-10-5-6-12-19(17)21(15)20;1-2-4-5-3-1;;;/h1-8,10-13H;1-10,12H,13H2;1-5H;2*1H;/q;;;;;+2/p-2. The summed E-state index contributed by atoms with van der Waals surface area (Å²) in [4.78, 5) is 0. The van der Waals surface area contributed by atoms with Gasteiger partial charge in [-0.1, -0.05) is 0 Å². The van der Waals surface area contributed by atoms with Crippen LogP contribution < -0.4 is 28.1 Å². The summed E-state index contributed by atoms with van der Waals surface area (Å²) >= 11 is 11.0. The van der Waals surface area contributed by atoms with Crippen molar-refractivity contribution in [1.29, 1.82) is 0 Å². The van der Waals surface area contributed by atoms with Gasteiger partial charge in [0.2, 0.25) is 0 Å². The van der Waals surface area contributed by atoms with Gasteiger partial charge in [-0.2, -0.15) is 0 Å². The van der Waals surface area contributed by atoms with E-state index < -0.39 is 21.3 Å². The summed E-state index contributed by atoms with van der Waals surface area (Å²) in [5.41, 5.74) is 8.09. The predicted octanol–water partition coefficient (Wildman–Crippen LogP) is 6.61. The van der Waals surface area contributed by atoms with Crippen molar-refractivity contribution in [3.05, 3.63) is 196 Å². The second kappa shape index (κ2) is 14.2. The Bertz CT molecular complexity index is 2730. The van der Waals surface area contributed by atoms with Gasteiger partial charge in [0.05, 0.1) is 0 Å². The first-order valence-electron chi connectivity index (χ1n) is 17.2. The van der Waals surface area contributed by atoms with E-state index in [2.05, 4.69) is 164 Å². The van der Waals surface area contributed by atoms with E-state index in [1.807, 2.05) is 0 Å². The summed E-state index contributed by atoms with van der Waals surface area (Å²) in [5, 5.41) is 11.7. The van der Waals surface area contributed by atoms with Crippen LogP contribution in [0.15, 0.2) is 164 Å². The Morgan fingerprint density at radius 1 is 0.538 bits per heavy atom. The topological polar surface area (TPSA) is 0 Å². The van der Waals surface area contributed by atoms with Gasteiger partial charge in [-0.3, -0.25) is 0 Å². The van der Waals surface area contributed by atoms with Crippen molar-refractivity contribution in [3.8, 4) is 11.1 Å². The van der Waals surface area contributed by atoms with E-state index in [0.717, 1.165) is 27.2 Å². The Kier molecular flexibility index (Phi) is 9.63. The van der Waals surface area contributed by atoms with Crippen LogP contribution in [0.2, 0.25) is 13.7 Å². The third kappa shape index (κ3) is 5.65. The second-order valence-corrected chi connectivity index (χ2v) is 20.5. The maximum Gasteiger partial charge on any atom is -1.00 e. The quantitative estimate of drug-likeness (QED) is 0.176.